The number of amides is 1. The summed E-state index contributed by atoms with van der Waals surface area (Å²) in [7, 11) is 0. The van der Waals surface area contributed by atoms with Gasteiger partial charge in [0.05, 0.1) is 17.3 Å². The first kappa shape index (κ1) is 21.6. The summed E-state index contributed by atoms with van der Waals surface area (Å²) in [5, 5.41) is 8.55. The van der Waals surface area contributed by atoms with E-state index in [-0.39, 0.29) is 11.9 Å². The number of halogens is 2. The summed E-state index contributed by atoms with van der Waals surface area (Å²) in [6.45, 7) is 3.51. The summed E-state index contributed by atoms with van der Waals surface area (Å²) in [6, 6.07) is 23.2. The molecule has 3 aromatic carbocycles. The summed E-state index contributed by atoms with van der Waals surface area (Å²) >= 11 is 12.9. The molecule has 5 rings (SSSR count). The van der Waals surface area contributed by atoms with Gasteiger partial charge in [0.2, 0.25) is 5.91 Å². The van der Waals surface area contributed by atoms with Crippen molar-refractivity contribution >= 4 is 45.7 Å². The van der Waals surface area contributed by atoms with Crippen molar-refractivity contribution in [2.45, 2.75) is 26.3 Å². The van der Waals surface area contributed by atoms with Crippen molar-refractivity contribution in [3.8, 4) is 11.1 Å². The van der Waals surface area contributed by atoms with Crippen LogP contribution >= 0.6 is 23.2 Å². The highest BCUT2D eigenvalue weighted by molar-refractivity contribution is 6.32. The highest BCUT2D eigenvalue weighted by atomic mass is 35.5. The molecule has 2 heterocycles. The summed E-state index contributed by atoms with van der Waals surface area (Å²) in [4.78, 5) is 17.4. The standard InChI is InChI=1S/C27H21Cl2N3O/c1-16-26(24-15-25(32(31-24)17(2)33)20-10-6-7-11-22(20)29)27(18-8-4-3-5-9-18)21-14-19(28)12-13-23(21)30-16/h3-14,25H,15H2,1-2H3/t25-/m0/s1. The van der Waals surface area contributed by atoms with Gasteiger partial charge in [0.25, 0.3) is 0 Å². The minimum atomic E-state index is -0.274. The van der Waals surface area contributed by atoms with Gasteiger partial charge < -0.3 is 0 Å². The molecule has 4 aromatic rings. The molecule has 4 nitrogen and oxygen atoms in total. The maximum Gasteiger partial charge on any atom is 0.240 e. The SMILES string of the molecule is CC(=O)N1N=C(c2c(C)nc3ccc(Cl)cc3c2-c2ccccc2)C[C@H]1c1ccccc1Cl. The predicted molar refractivity (Wildman–Crippen MR) is 135 cm³/mol. The molecule has 1 aliphatic heterocycles. The van der Waals surface area contributed by atoms with Crippen molar-refractivity contribution in [3.05, 3.63) is 99.7 Å². The molecule has 0 unspecified atom stereocenters. The molecule has 1 amide bonds. The Morgan fingerprint density at radius 2 is 1.70 bits per heavy atom. The topological polar surface area (TPSA) is 45.6 Å². The largest absolute Gasteiger partial charge is 0.273 e. The second-order valence-electron chi connectivity index (χ2n) is 8.13. The number of aryl methyl sites for hydroxylation is 1. The number of benzene rings is 3. The number of carbonyl (C=O) groups is 1. The molecule has 1 aliphatic rings. The van der Waals surface area contributed by atoms with E-state index in [4.69, 9.17) is 33.3 Å². The molecule has 0 spiro atoms. The molecule has 0 radical (unpaired) electrons. The number of hydrogen-bond acceptors (Lipinski definition) is 3. The smallest absolute Gasteiger partial charge is 0.240 e. The summed E-state index contributed by atoms with van der Waals surface area (Å²) in [6.07, 6.45) is 0.539. The molecule has 0 saturated carbocycles. The van der Waals surface area contributed by atoms with Crippen LogP contribution in [0.2, 0.25) is 10.0 Å². The van der Waals surface area contributed by atoms with E-state index < -0.39 is 0 Å². The molecular weight excluding hydrogens is 453 g/mol. The monoisotopic (exact) mass is 473 g/mol. The van der Waals surface area contributed by atoms with Crippen LogP contribution in [-0.4, -0.2) is 21.6 Å². The van der Waals surface area contributed by atoms with Gasteiger partial charge in [-0.05, 0) is 42.3 Å². The number of hydrogen-bond donors (Lipinski definition) is 0. The van der Waals surface area contributed by atoms with Gasteiger partial charge in [0, 0.05) is 45.6 Å². The maximum atomic E-state index is 12.6. The van der Waals surface area contributed by atoms with Crippen LogP contribution in [0.4, 0.5) is 0 Å². The van der Waals surface area contributed by atoms with Gasteiger partial charge >= 0.3 is 0 Å². The predicted octanol–water partition coefficient (Wildman–Crippen LogP) is 7.21. The molecule has 1 atom stereocenters. The fourth-order valence-corrected chi connectivity index (χ4v) is 4.99. The Morgan fingerprint density at radius 1 is 0.970 bits per heavy atom. The van der Waals surface area contributed by atoms with Crippen LogP contribution in [0, 0.1) is 6.92 Å². The van der Waals surface area contributed by atoms with E-state index in [1.54, 1.807) is 0 Å². The lowest BCUT2D eigenvalue weighted by Crippen LogP contribution is -2.24. The number of carbonyl (C=O) groups excluding carboxylic acids is 1. The van der Waals surface area contributed by atoms with Crippen LogP contribution in [-0.2, 0) is 4.79 Å². The molecule has 0 fully saturated rings. The molecule has 0 bridgehead atoms. The Labute approximate surface area is 202 Å². The van der Waals surface area contributed by atoms with Gasteiger partial charge in [0.1, 0.15) is 0 Å². The van der Waals surface area contributed by atoms with Crippen LogP contribution in [0.1, 0.15) is 36.2 Å². The molecule has 6 heteroatoms. The second-order valence-corrected chi connectivity index (χ2v) is 8.97. The van der Waals surface area contributed by atoms with E-state index in [0.717, 1.165) is 44.6 Å². The Kier molecular flexibility index (Phi) is 5.65. The number of nitrogens with zero attached hydrogens (tertiary/aromatic N) is 3. The highest BCUT2D eigenvalue weighted by Crippen LogP contribution is 2.41. The maximum absolute atomic E-state index is 12.6. The number of rotatable bonds is 3. The van der Waals surface area contributed by atoms with Gasteiger partial charge in [-0.15, -0.1) is 0 Å². The molecule has 0 N–H and O–H groups in total. The third-order valence-electron chi connectivity index (χ3n) is 5.98. The van der Waals surface area contributed by atoms with E-state index >= 15 is 0 Å². The fourth-order valence-electron chi connectivity index (χ4n) is 4.56. The van der Waals surface area contributed by atoms with Crippen molar-refractivity contribution in [1.29, 1.82) is 0 Å². The number of hydrazone groups is 1. The van der Waals surface area contributed by atoms with Crippen molar-refractivity contribution < 1.29 is 4.79 Å². The zero-order valence-corrected chi connectivity index (χ0v) is 19.7. The van der Waals surface area contributed by atoms with Crippen LogP contribution in [0.5, 0.6) is 0 Å². The number of aromatic nitrogens is 1. The van der Waals surface area contributed by atoms with Gasteiger partial charge in [-0.2, -0.15) is 5.10 Å². The van der Waals surface area contributed by atoms with Crippen LogP contribution < -0.4 is 0 Å². The summed E-state index contributed by atoms with van der Waals surface area (Å²) in [5.41, 5.74) is 6.39. The van der Waals surface area contributed by atoms with Gasteiger partial charge in [-0.25, -0.2) is 5.01 Å². The third-order valence-corrected chi connectivity index (χ3v) is 6.56. The van der Waals surface area contributed by atoms with E-state index in [2.05, 4.69) is 12.1 Å². The zero-order valence-electron chi connectivity index (χ0n) is 18.2. The molecule has 164 valence electrons. The van der Waals surface area contributed by atoms with E-state index in [9.17, 15) is 4.79 Å². The molecular formula is C27H21Cl2N3O. The minimum Gasteiger partial charge on any atom is -0.273 e. The molecule has 1 aromatic heterocycles. The van der Waals surface area contributed by atoms with Crippen LogP contribution in [0.15, 0.2) is 77.9 Å². The van der Waals surface area contributed by atoms with E-state index in [0.29, 0.717) is 16.5 Å². The lowest BCUT2D eigenvalue weighted by molar-refractivity contribution is -0.130. The first-order valence-corrected chi connectivity index (χ1v) is 11.5. The summed E-state index contributed by atoms with van der Waals surface area (Å²) < 4.78 is 0. The van der Waals surface area contributed by atoms with Gasteiger partial charge in [-0.1, -0.05) is 71.7 Å². The lowest BCUT2D eigenvalue weighted by Gasteiger charge is -2.21. The summed E-state index contributed by atoms with van der Waals surface area (Å²) in [5.74, 6) is -0.134. The van der Waals surface area contributed by atoms with Crippen molar-refractivity contribution in [1.82, 2.24) is 9.99 Å². The Hall–Kier alpha value is -3.21. The number of fused-ring (bicyclic) bond motifs is 1. The average molecular weight is 474 g/mol. The normalized spacial score (nSPS) is 15.7. The molecule has 0 aliphatic carbocycles. The zero-order chi connectivity index (χ0) is 23.1. The fraction of sp³-hybridized carbons (Fsp3) is 0.148. The third kappa shape index (κ3) is 3.90. The van der Waals surface area contributed by atoms with Crippen LogP contribution in [0.25, 0.3) is 22.0 Å². The van der Waals surface area contributed by atoms with Crippen molar-refractivity contribution in [2.24, 2.45) is 5.10 Å². The number of pyridine rings is 1. The van der Waals surface area contributed by atoms with E-state index in [1.807, 2.05) is 67.6 Å². The molecule has 33 heavy (non-hydrogen) atoms. The quantitative estimate of drug-likeness (QED) is 0.315. The van der Waals surface area contributed by atoms with Crippen molar-refractivity contribution in [3.63, 3.8) is 0 Å². The second kappa shape index (κ2) is 8.62. The lowest BCUT2D eigenvalue weighted by atomic mass is 9.89. The highest BCUT2D eigenvalue weighted by Gasteiger charge is 2.34. The Morgan fingerprint density at radius 3 is 2.42 bits per heavy atom. The van der Waals surface area contributed by atoms with Gasteiger partial charge in [-0.3, -0.25) is 9.78 Å². The van der Waals surface area contributed by atoms with E-state index in [1.165, 1.54) is 11.9 Å². The van der Waals surface area contributed by atoms with Crippen molar-refractivity contribution in [2.75, 3.05) is 0 Å². The first-order valence-electron chi connectivity index (χ1n) is 10.7. The Balaban J connectivity index is 1.75. The minimum absolute atomic E-state index is 0.134. The first-order chi connectivity index (χ1) is 15.9. The van der Waals surface area contributed by atoms with Crippen LogP contribution in [0.3, 0.4) is 0 Å². The molecule has 0 saturated heterocycles. The average Bonchev–Trinajstić information content (AvgIpc) is 3.24. The Bertz CT molecular complexity index is 1420. The van der Waals surface area contributed by atoms with Gasteiger partial charge in [0.15, 0.2) is 0 Å².